The molecule has 4 heteroatoms. The molecule has 1 aliphatic heterocycles. The van der Waals surface area contributed by atoms with E-state index >= 15 is 0 Å². The molecule has 0 amide bonds. The number of hydrogen-bond acceptors (Lipinski definition) is 3. The van der Waals surface area contributed by atoms with Gasteiger partial charge in [-0.1, -0.05) is 41.9 Å². The van der Waals surface area contributed by atoms with Crippen LogP contribution in [0.25, 0.3) is 0 Å². The highest BCUT2D eigenvalue weighted by atomic mass is 35.5. The standard InChI is InChI=1S/C16H19ClN2S/c17-16-9-8-15(20-16)14(11-18)19-10-4-7-13(19)12-5-2-1-3-6-12/h1-3,5-6,8-9,13-14H,4,7,10-11,18H2. The average molecular weight is 307 g/mol. The summed E-state index contributed by atoms with van der Waals surface area (Å²) in [6.45, 7) is 1.75. The number of hydrogen-bond donors (Lipinski definition) is 1. The largest absolute Gasteiger partial charge is 0.329 e. The number of halogens is 1. The fraction of sp³-hybridized carbons (Fsp3) is 0.375. The Morgan fingerprint density at radius 1 is 1.25 bits per heavy atom. The molecule has 0 aliphatic carbocycles. The lowest BCUT2D eigenvalue weighted by Crippen LogP contribution is -2.32. The van der Waals surface area contributed by atoms with Crippen molar-refractivity contribution < 1.29 is 0 Å². The summed E-state index contributed by atoms with van der Waals surface area (Å²) in [5.41, 5.74) is 7.45. The lowest BCUT2D eigenvalue weighted by molar-refractivity contribution is 0.188. The summed E-state index contributed by atoms with van der Waals surface area (Å²) in [4.78, 5) is 3.82. The monoisotopic (exact) mass is 306 g/mol. The molecule has 3 rings (SSSR count). The van der Waals surface area contributed by atoms with Gasteiger partial charge in [-0.05, 0) is 37.1 Å². The Morgan fingerprint density at radius 2 is 2.05 bits per heavy atom. The summed E-state index contributed by atoms with van der Waals surface area (Å²) < 4.78 is 0.842. The molecule has 2 aromatic rings. The molecule has 2 heterocycles. The smallest absolute Gasteiger partial charge is 0.0931 e. The Balaban J connectivity index is 1.87. The van der Waals surface area contributed by atoms with Crippen LogP contribution >= 0.6 is 22.9 Å². The van der Waals surface area contributed by atoms with Crippen molar-refractivity contribution in [3.8, 4) is 0 Å². The van der Waals surface area contributed by atoms with E-state index in [2.05, 4.69) is 41.3 Å². The Bertz CT molecular complexity index is 555. The van der Waals surface area contributed by atoms with Gasteiger partial charge >= 0.3 is 0 Å². The van der Waals surface area contributed by atoms with Gasteiger partial charge in [0.05, 0.1) is 10.4 Å². The van der Waals surface area contributed by atoms with Crippen LogP contribution in [0, 0.1) is 0 Å². The second kappa shape index (κ2) is 6.27. The molecular formula is C16H19ClN2S. The first kappa shape index (κ1) is 14.1. The van der Waals surface area contributed by atoms with Crippen LogP contribution in [-0.4, -0.2) is 18.0 Å². The Kier molecular flexibility index (Phi) is 4.41. The Morgan fingerprint density at radius 3 is 2.70 bits per heavy atom. The van der Waals surface area contributed by atoms with Gasteiger partial charge in [0.25, 0.3) is 0 Å². The first-order chi connectivity index (χ1) is 9.79. The predicted octanol–water partition coefficient (Wildman–Crippen LogP) is 4.24. The molecule has 0 saturated carbocycles. The second-order valence-corrected chi connectivity index (χ2v) is 6.95. The van der Waals surface area contributed by atoms with Gasteiger partial charge in [0.15, 0.2) is 0 Å². The first-order valence-corrected chi connectivity index (χ1v) is 8.25. The summed E-state index contributed by atoms with van der Waals surface area (Å²) >= 11 is 7.73. The summed E-state index contributed by atoms with van der Waals surface area (Å²) in [6, 6.07) is 15.6. The lowest BCUT2D eigenvalue weighted by Gasteiger charge is -2.32. The van der Waals surface area contributed by atoms with Gasteiger partial charge < -0.3 is 5.73 Å². The van der Waals surface area contributed by atoms with Crippen LogP contribution in [-0.2, 0) is 0 Å². The molecule has 2 N–H and O–H groups in total. The zero-order valence-corrected chi connectivity index (χ0v) is 12.9. The van der Waals surface area contributed by atoms with E-state index in [0.717, 1.165) is 10.9 Å². The van der Waals surface area contributed by atoms with Crippen molar-refractivity contribution in [1.29, 1.82) is 0 Å². The molecule has 1 aliphatic rings. The number of likely N-dealkylation sites (tertiary alicyclic amines) is 1. The van der Waals surface area contributed by atoms with E-state index in [4.69, 9.17) is 17.3 Å². The molecule has 0 radical (unpaired) electrons. The number of rotatable bonds is 4. The highest BCUT2D eigenvalue weighted by molar-refractivity contribution is 7.16. The maximum atomic E-state index is 6.08. The number of nitrogens with two attached hydrogens (primary N) is 1. The molecule has 2 atom stereocenters. The molecule has 1 aromatic carbocycles. The molecule has 1 fully saturated rings. The minimum Gasteiger partial charge on any atom is -0.329 e. The molecule has 20 heavy (non-hydrogen) atoms. The lowest BCUT2D eigenvalue weighted by atomic mass is 10.0. The predicted molar refractivity (Wildman–Crippen MR) is 86.2 cm³/mol. The average Bonchev–Trinajstić information content (AvgIpc) is 3.11. The third-order valence-electron chi connectivity index (χ3n) is 4.02. The van der Waals surface area contributed by atoms with Crippen LogP contribution in [0.3, 0.4) is 0 Å². The van der Waals surface area contributed by atoms with Crippen molar-refractivity contribution in [2.24, 2.45) is 5.73 Å². The number of nitrogens with zero attached hydrogens (tertiary/aromatic N) is 1. The molecule has 0 spiro atoms. The fourth-order valence-corrected chi connectivity index (χ4v) is 4.31. The van der Waals surface area contributed by atoms with Crippen LogP contribution in [0.2, 0.25) is 4.34 Å². The van der Waals surface area contributed by atoms with Crippen LogP contribution < -0.4 is 5.73 Å². The Labute approximate surface area is 129 Å². The van der Waals surface area contributed by atoms with Gasteiger partial charge in [0.2, 0.25) is 0 Å². The van der Waals surface area contributed by atoms with Crippen molar-refractivity contribution >= 4 is 22.9 Å². The number of thiophene rings is 1. The van der Waals surface area contributed by atoms with E-state index < -0.39 is 0 Å². The molecule has 0 bridgehead atoms. The van der Waals surface area contributed by atoms with E-state index in [-0.39, 0.29) is 6.04 Å². The van der Waals surface area contributed by atoms with E-state index in [1.54, 1.807) is 11.3 Å². The molecule has 1 aromatic heterocycles. The van der Waals surface area contributed by atoms with Crippen molar-refractivity contribution in [2.75, 3.05) is 13.1 Å². The highest BCUT2D eigenvalue weighted by Gasteiger charge is 2.32. The zero-order chi connectivity index (χ0) is 13.9. The quantitative estimate of drug-likeness (QED) is 0.915. The van der Waals surface area contributed by atoms with Crippen LogP contribution in [0.4, 0.5) is 0 Å². The van der Waals surface area contributed by atoms with E-state index in [0.29, 0.717) is 12.6 Å². The van der Waals surface area contributed by atoms with Gasteiger partial charge in [-0.15, -0.1) is 11.3 Å². The van der Waals surface area contributed by atoms with Gasteiger partial charge in [-0.3, -0.25) is 4.90 Å². The Hall–Kier alpha value is -0.870. The molecular weight excluding hydrogens is 288 g/mol. The minimum atomic E-state index is 0.278. The fourth-order valence-electron chi connectivity index (χ4n) is 3.12. The van der Waals surface area contributed by atoms with Crippen LogP contribution in [0.15, 0.2) is 42.5 Å². The molecule has 106 valence electrons. The maximum Gasteiger partial charge on any atom is 0.0931 e. The normalized spacial score (nSPS) is 21.2. The van der Waals surface area contributed by atoms with Crippen molar-refractivity contribution in [3.05, 3.63) is 57.2 Å². The molecule has 2 nitrogen and oxygen atoms in total. The minimum absolute atomic E-state index is 0.278. The summed E-state index contributed by atoms with van der Waals surface area (Å²) in [6.07, 6.45) is 2.44. The van der Waals surface area contributed by atoms with Gasteiger partial charge in [-0.2, -0.15) is 0 Å². The maximum absolute atomic E-state index is 6.08. The second-order valence-electron chi connectivity index (χ2n) is 5.20. The third kappa shape index (κ3) is 2.77. The summed E-state index contributed by atoms with van der Waals surface area (Å²) in [7, 11) is 0. The summed E-state index contributed by atoms with van der Waals surface area (Å²) in [5, 5.41) is 0. The SMILES string of the molecule is NCC(c1ccc(Cl)s1)N1CCCC1c1ccccc1. The van der Waals surface area contributed by atoms with E-state index in [1.807, 2.05) is 6.07 Å². The van der Waals surface area contributed by atoms with Gasteiger partial charge in [0, 0.05) is 17.5 Å². The zero-order valence-electron chi connectivity index (χ0n) is 11.3. The van der Waals surface area contributed by atoms with Gasteiger partial charge in [0.1, 0.15) is 0 Å². The van der Waals surface area contributed by atoms with Crippen molar-refractivity contribution in [3.63, 3.8) is 0 Å². The van der Waals surface area contributed by atoms with Crippen molar-refractivity contribution in [1.82, 2.24) is 4.90 Å². The van der Waals surface area contributed by atoms with Crippen LogP contribution in [0.1, 0.15) is 35.4 Å². The molecule has 1 saturated heterocycles. The van der Waals surface area contributed by atoms with E-state index in [9.17, 15) is 0 Å². The van der Waals surface area contributed by atoms with E-state index in [1.165, 1.54) is 23.3 Å². The third-order valence-corrected chi connectivity index (χ3v) is 5.36. The number of benzene rings is 1. The highest BCUT2D eigenvalue weighted by Crippen LogP contribution is 2.40. The van der Waals surface area contributed by atoms with Crippen LogP contribution in [0.5, 0.6) is 0 Å². The topological polar surface area (TPSA) is 29.3 Å². The summed E-state index contributed by atoms with van der Waals surface area (Å²) in [5.74, 6) is 0. The van der Waals surface area contributed by atoms with Gasteiger partial charge in [-0.25, -0.2) is 0 Å². The first-order valence-electron chi connectivity index (χ1n) is 7.05. The molecule has 2 unspecified atom stereocenters. The van der Waals surface area contributed by atoms with Crippen molar-refractivity contribution in [2.45, 2.75) is 24.9 Å².